The summed E-state index contributed by atoms with van der Waals surface area (Å²) in [6, 6.07) is -0.471. The molecule has 1 fully saturated rings. The van der Waals surface area contributed by atoms with Gasteiger partial charge >= 0.3 is 0 Å². The Morgan fingerprint density at radius 1 is 1.41 bits per heavy atom. The van der Waals surface area contributed by atoms with Gasteiger partial charge in [0.1, 0.15) is 6.04 Å². The molecule has 1 aliphatic rings. The van der Waals surface area contributed by atoms with Gasteiger partial charge in [0, 0.05) is 12.5 Å². The molecule has 3 unspecified atom stereocenters. The standard InChI is InChI=1S/C12H23N3O2/c1-3-14-11(16)8(2)15-12(17)10-6-4-5-9(10)7-13/h8-10H,3-7,13H2,1-2H3,(H,14,16)(H,15,17). The summed E-state index contributed by atoms with van der Waals surface area (Å²) in [5, 5.41) is 5.45. The fraction of sp³-hybridized carbons (Fsp3) is 0.833. The quantitative estimate of drug-likeness (QED) is 0.633. The highest BCUT2D eigenvalue weighted by atomic mass is 16.2. The Kier molecular flexibility index (Phi) is 5.41. The molecule has 0 radical (unpaired) electrons. The largest absolute Gasteiger partial charge is 0.355 e. The monoisotopic (exact) mass is 241 g/mol. The third kappa shape index (κ3) is 3.70. The lowest BCUT2D eigenvalue weighted by Crippen LogP contribution is -2.47. The predicted octanol–water partition coefficient (Wildman–Crippen LogP) is 0.00220. The van der Waals surface area contributed by atoms with Gasteiger partial charge in [0.2, 0.25) is 11.8 Å². The molecular formula is C12H23N3O2. The van der Waals surface area contributed by atoms with E-state index in [1.807, 2.05) is 6.92 Å². The zero-order valence-corrected chi connectivity index (χ0v) is 10.7. The molecule has 4 N–H and O–H groups in total. The number of amides is 2. The van der Waals surface area contributed by atoms with Crippen LogP contribution in [0.2, 0.25) is 0 Å². The molecule has 0 aromatic rings. The fourth-order valence-electron chi connectivity index (χ4n) is 2.38. The van der Waals surface area contributed by atoms with Crippen molar-refractivity contribution in [2.24, 2.45) is 17.6 Å². The van der Waals surface area contributed by atoms with Crippen LogP contribution in [0.1, 0.15) is 33.1 Å². The van der Waals surface area contributed by atoms with E-state index in [4.69, 9.17) is 5.73 Å². The van der Waals surface area contributed by atoms with E-state index in [1.165, 1.54) is 0 Å². The molecule has 1 rings (SSSR count). The van der Waals surface area contributed by atoms with Crippen molar-refractivity contribution in [1.82, 2.24) is 10.6 Å². The first-order valence-electron chi connectivity index (χ1n) is 6.38. The summed E-state index contributed by atoms with van der Waals surface area (Å²) < 4.78 is 0. The number of carbonyl (C=O) groups excluding carboxylic acids is 2. The second kappa shape index (κ2) is 6.59. The van der Waals surface area contributed by atoms with Crippen molar-refractivity contribution >= 4 is 11.8 Å². The van der Waals surface area contributed by atoms with Crippen molar-refractivity contribution in [2.75, 3.05) is 13.1 Å². The molecule has 0 saturated heterocycles. The molecule has 0 bridgehead atoms. The number of rotatable bonds is 5. The minimum absolute atomic E-state index is 0.0168. The van der Waals surface area contributed by atoms with Gasteiger partial charge in [-0.25, -0.2) is 0 Å². The molecule has 2 amide bonds. The van der Waals surface area contributed by atoms with Crippen LogP contribution in [0, 0.1) is 11.8 Å². The molecule has 17 heavy (non-hydrogen) atoms. The summed E-state index contributed by atoms with van der Waals surface area (Å²) in [5.41, 5.74) is 5.64. The Morgan fingerprint density at radius 3 is 2.71 bits per heavy atom. The van der Waals surface area contributed by atoms with E-state index in [0.717, 1.165) is 19.3 Å². The second-order valence-electron chi connectivity index (χ2n) is 4.66. The summed E-state index contributed by atoms with van der Waals surface area (Å²) in [6.45, 7) is 4.69. The number of hydrogen-bond acceptors (Lipinski definition) is 3. The minimum Gasteiger partial charge on any atom is -0.355 e. The molecule has 5 heteroatoms. The lowest BCUT2D eigenvalue weighted by molar-refractivity contribution is -0.131. The van der Waals surface area contributed by atoms with E-state index in [2.05, 4.69) is 10.6 Å². The van der Waals surface area contributed by atoms with E-state index in [9.17, 15) is 9.59 Å². The molecule has 1 saturated carbocycles. The third-order valence-corrected chi connectivity index (χ3v) is 3.40. The molecule has 0 heterocycles. The Hall–Kier alpha value is -1.10. The molecule has 3 atom stereocenters. The summed E-state index contributed by atoms with van der Waals surface area (Å²) >= 11 is 0. The first-order valence-corrected chi connectivity index (χ1v) is 6.38. The maximum Gasteiger partial charge on any atom is 0.242 e. The number of likely N-dealkylation sites (N-methyl/N-ethyl adjacent to an activating group) is 1. The average molecular weight is 241 g/mol. The van der Waals surface area contributed by atoms with E-state index in [-0.39, 0.29) is 23.7 Å². The van der Waals surface area contributed by atoms with E-state index in [1.54, 1.807) is 6.92 Å². The highest BCUT2D eigenvalue weighted by Crippen LogP contribution is 2.30. The van der Waals surface area contributed by atoms with Crippen LogP contribution in [0.25, 0.3) is 0 Å². The van der Waals surface area contributed by atoms with Gasteiger partial charge in [-0.2, -0.15) is 0 Å². The zero-order chi connectivity index (χ0) is 12.8. The summed E-state index contributed by atoms with van der Waals surface area (Å²) in [5.74, 6) is 0.0909. The third-order valence-electron chi connectivity index (χ3n) is 3.40. The van der Waals surface area contributed by atoms with Gasteiger partial charge in [0.25, 0.3) is 0 Å². The highest BCUT2D eigenvalue weighted by molar-refractivity contribution is 5.88. The molecule has 0 spiro atoms. The lowest BCUT2D eigenvalue weighted by atomic mass is 9.95. The first-order chi connectivity index (χ1) is 8.10. The van der Waals surface area contributed by atoms with Crippen LogP contribution in [0.3, 0.4) is 0 Å². The summed E-state index contributed by atoms with van der Waals surface area (Å²) in [4.78, 5) is 23.5. The van der Waals surface area contributed by atoms with Crippen molar-refractivity contribution in [1.29, 1.82) is 0 Å². The van der Waals surface area contributed by atoms with Crippen molar-refractivity contribution in [2.45, 2.75) is 39.2 Å². The van der Waals surface area contributed by atoms with Crippen LogP contribution >= 0.6 is 0 Å². The van der Waals surface area contributed by atoms with Crippen LogP contribution in [-0.2, 0) is 9.59 Å². The van der Waals surface area contributed by atoms with Gasteiger partial charge in [0.05, 0.1) is 0 Å². The maximum atomic E-state index is 12.0. The number of carbonyl (C=O) groups is 2. The van der Waals surface area contributed by atoms with Crippen LogP contribution in [0.15, 0.2) is 0 Å². The average Bonchev–Trinajstić information content (AvgIpc) is 2.77. The second-order valence-corrected chi connectivity index (χ2v) is 4.66. The van der Waals surface area contributed by atoms with E-state index >= 15 is 0 Å². The molecule has 1 aliphatic carbocycles. The highest BCUT2D eigenvalue weighted by Gasteiger charge is 2.32. The summed E-state index contributed by atoms with van der Waals surface area (Å²) in [7, 11) is 0. The van der Waals surface area contributed by atoms with Gasteiger partial charge in [-0.3, -0.25) is 9.59 Å². The molecule has 0 aromatic carbocycles. The van der Waals surface area contributed by atoms with Crippen LogP contribution in [-0.4, -0.2) is 30.9 Å². The Bertz CT molecular complexity index is 281. The Balaban J connectivity index is 2.45. The normalized spacial score (nSPS) is 25.4. The summed E-state index contributed by atoms with van der Waals surface area (Å²) in [6.07, 6.45) is 2.95. The SMILES string of the molecule is CCNC(=O)C(C)NC(=O)C1CCCC1CN. The Morgan fingerprint density at radius 2 is 2.12 bits per heavy atom. The van der Waals surface area contributed by atoms with Crippen LogP contribution in [0.4, 0.5) is 0 Å². The van der Waals surface area contributed by atoms with Crippen molar-refractivity contribution < 1.29 is 9.59 Å². The smallest absolute Gasteiger partial charge is 0.242 e. The lowest BCUT2D eigenvalue weighted by Gasteiger charge is -2.20. The first kappa shape index (κ1) is 14.0. The van der Waals surface area contributed by atoms with Gasteiger partial charge in [-0.1, -0.05) is 6.42 Å². The minimum atomic E-state index is -0.471. The van der Waals surface area contributed by atoms with Gasteiger partial charge in [-0.05, 0) is 39.2 Å². The number of nitrogens with one attached hydrogen (secondary N) is 2. The van der Waals surface area contributed by atoms with E-state index in [0.29, 0.717) is 13.1 Å². The number of nitrogens with two attached hydrogens (primary N) is 1. The maximum absolute atomic E-state index is 12.0. The predicted molar refractivity (Wildman–Crippen MR) is 66.2 cm³/mol. The van der Waals surface area contributed by atoms with Crippen LogP contribution < -0.4 is 16.4 Å². The van der Waals surface area contributed by atoms with Gasteiger partial charge in [0.15, 0.2) is 0 Å². The molecule has 98 valence electrons. The van der Waals surface area contributed by atoms with Crippen LogP contribution in [0.5, 0.6) is 0 Å². The van der Waals surface area contributed by atoms with Gasteiger partial charge < -0.3 is 16.4 Å². The zero-order valence-electron chi connectivity index (χ0n) is 10.7. The number of hydrogen-bond donors (Lipinski definition) is 3. The van der Waals surface area contributed by atoms with E-state index < -0.39 is 6.04 Å². The molecule has 0 aliphatic heterocycles. The Labute approximate surface area is 103 Å². The topological polar surface area (TPSA) is 84.2 Å². The van der Waals surface area contributed by atoms with Gasteiger partial charge in [-0.15, -0.1) is 0 Å². The fourth-order valence-corrected chi connectivity index (χ4v) is 2.38. The molecular weight excluding hydrogens is 218 g/mol. The van der Waals surface area contributed by atoms with Crippen molar-refractivity contribution in [3.8, 4) is 0 Å². The molecule has 5 nitrogen and oxygen atoms in total. The molecule has 0 aromatic heterocycles. The van der Waals surface area contributed by atoms with Crippen molar-refractivity contribution in [3.63, 3.8) is 0 Å². The van der Waals surface area contributed by atoms with Crippen molar-refractivity contribution in [3.05, 3.63) is 0 Å².